The van der Waals surface area contributed by atoms with Gasteiger partial charge in [-0.3, -0.25) is 4.79 Å². The number of aryl methyl sites for hydroxylation is 2. The number of methoxy groups -OCH3 is 1. The lowest BCUT2D eigenvalue weighted by Crippen LogP contribution is -2.48. The van der Waals surface area contributed by atoms with Gasteiger partial charge in [0, 0.05) is 43.7 Å². The highest BCUT2D eigenvalue weighted by molar-refractivity contribution is 5.77. The van der Waals surface area contributed by atoms with Gasteiger partial charge < -0.3 is 19.1 Å². The molecule has 4 rings (SSSR count). The molecule has 6 heteroatoms. The van der Waals surface area contributed by atoms with Gasteiger partial charge in [0.1, 0.15) is 17.7 Å². The zero-order valence-corrected chi connectivity index (χ0v) is 17.5. The third-order valence-corrected chi connectivity index (χ3v) is 5.60. The summed E-state index contributed by atoms with van der Waals surface area (Å²) in [6.07, 6.45) is 2.73. The largest absolute Gasteiger partial charge is 0.495 e. The van der Waals surface area contributed by atoms with E-state index in [1.165, 1.54) is 5.56 Å². The zero-order valence-electron chi connectivity index (χ0n) is 17.5. The first-order valence-electron chi connectivity index (χ1n) is 10.3. The highest BCUT2D eigenvalue weighted by Crippen LogP contribution is 2.29. The Bertz CT molecular complexity index is 1010. The fourth-order valence-corrected chi connectivity index (χ4v) is 3.95. The molecule has 0 atom stereocenters. The summed E-state index contributed by atoms with van der Waals surface area (Å²) in [6, 6.07) is 16.2. The van der Waals surface area contributed by atoms with Crippen molar-refractivity contribution in [2.45, 2.75) is 19.8 Å². The van der Waals surface area contributed by atoms with Gasteiger partial charge in [0.2, 0.25) is 5.91 Å². The van der Waals surface area contributed by atoms with Gasteiger partial charge in [-0.1, -0.05) is 41.1 Å². The predicted molar refractivity (Wildman–Crippen MR) is 117 cm³/mol. The number of nitrogens with zero attached hydrogens (tertiary/aromatic N) is 3. The van der Waals surface area contributed by atoms with Crippen LogP contribution >= 0.6 is 0 Å². The Balaban J connectivity index is 1.34. The molecule has 2 aromatic carbocycles. The molecular weight excluding hydrogens is 378 g/mol. The Morgan fingerprint density at radius 3 is 2.67 bits per heavy atom. The van der Waals surface area contributed by atoms with E-state index in [0.29, 0.717) is 25.9 Å². The van der Waals surface area contributed by atoms with E-state index >= 15 is 0 Å². The number of rotatable bonds is 6. The molecule has 1 aromatic heterocycles. The molecule has 0 radical (unpaired) electrons. The number of hydrogen-bond donors (Lipinski definition) is 0. The van der Waals surface area contributed by atoms with Crippen molar-refractivity contribution in [3.8, 4) is 17.0 Å². The average molecular weight is 405 g/mol. The van der Waals surface area contributed by atoms with Gasteiger partial charge in [0.05, 0.1) is 12.8 Å². The zero-order chi connectivity index (χ0) is 20.9. The van der Waals surface area contributed by atoms with Crippen LogP contribution in [-0.4, -0.2) is 49.3 Å². The van der Waals surface area contributed by atoms with Crippen LogP contribution in [0.3, 0.4) is 0 Å². The highest BCUT2D eigenvalue weighted by atomic mass is 16.5. The molecule has 3 aromatic rings. The van der Waals surface area contributed by atoms with Crippen LogP contribution in [0.15, 0.2) is 59.3 Å². The van der Waals surface area contributed by atoms with E-state index in [9.17, 15) is 4.79 Å². The summed E-state index contributed by atoms with van der Waals surface area (Å²) in [5.74, 6) is 1.04. The third-order valence-electron chi connectivity index (χ3n) is 5.60. The first kappa shape index (κ1) is 20.0. The Morgan fingerprint density at radius 1 is 1.10 bits per heavy atom. The van der Waals surface area contributed by atoms with E-state index in [4.69, 9.17) is 9.26 Å². The number of piperazine rings is 1. The van der Waals surface area contributed by atoms with Crippen LogP contribution < -0.4 is 9.64 Å². The number of benzene rings is 2. The number of carbonyl (C=O) groups is 1. The molecule has 1 saturated heterocycles. The smallest absolute Gasteiger partial charge is 0.223 e. The fourth-order valence-electron chi connectivity index (χ4n) is 3.95. The molecule has 6 nitrogen and oxygen atoms in total. The molecule has 1 fully saturated rings. The maximum Gasteiger partial charge on any atom is 0.223 e. The van der Waals surface area contributed by atoms with Crippen LogP contribution in [0, 0.1) is 6.92 Å². The van der Waals surface area contributed by atoms with Crippen molar-refractivity contribution >= 4 is 11.6 Å². The molecule has 0 unspecified atom stereocenters. The second-order valence-electron chi connectivity index (χ2n) is 7.60. The second kappa shape index (κ2) is 9.03. The van der Waals surface area contributed by atoms with E-state index in [1.807, 2.05) is 35.2 Å². The van der Waals surface area contributed by atoms with Gasteiger partial charge in [-0.15, -0.1) is 0 Å². The molecule has 0 saturated carbocycles. The maximum absolute atomic E-state index is 12.8. The quantitative estimate of drug-likeness (QED) is 0.622. The maximum atomic E-state index is 12.8. The van der Waals surface area contributed by atoms with Crippen LogP contribution in [0.5, 0.6) is 5.75 Å². The fraction of sp³-hybridized carbons (Fsp3) is 0.333. The molecule has 0 aliphatic carbocycles. The minimum Gasteiger partial charge on any atom is -0.495 e. The topological polar surface area (TPSA) is 58.8 Å². The lowest BCUT2D eigenvalue weighted by Gasteiger charge is -2.36. The molecule has 2 heterocycles. The number of amides is 1. The van der Waals surface area contributed by atoms with Crippen molar-refractivity contribution in [1.82, 2.24) is 10.1 Å². The average Bonchev–Trinajstić information content (AvgIpc) is 3.26. The molecule has 30 heavy (non-hydrogen) atoms. The standard InChI is InChI=1S/C24H27N3O3/c1-18-6-5-7-19(16-18)24-20(17-30-25-24)10-11-23(28)27-14-12-26(13-15-27)21-8-3-4-9-22(21)29-2/h3-9,16-17H,10-15H2,1-2H3. The highest BCUT2D eigenvalue weighted by Gasteiger charge is 2.23. The van der Waals surface area contributed by atoms with Crippen molar-refractivity contribution in [1.29, 1.82) is 0 Å². The summed E-state index contributed by atoms with van der Waals surface area (Å²) in [4.78, 5) is 17.0. The summed E-state index contributed by atoms with van der Waals surface area (Å²) in [7, 11) is 1.69. The van der Waals surface area contributed by atoms with Gasteiger partial charge in [0.15, 0.2) is 0 Å². The van der Waals surface area contributed by atoms with Crippen molar-refractivity contribution in [2.75, 3.05) is 38.2 Å². The summed E-state index contributed by atoms with van der Waals surface area (Å²) in [5.41, 5.74) is 5.08. The first-order valence-corrected chi connectivity index (χ1v) is 10.3. The van der Waals surface area contributed by atoms with Crippen molar-refractivity contribution in [2.24, 2.45) is 0 Å². The summed E-state index contributed by atoms with van der Waals surface area (Å²) >= 11 is 0. The van der Waals surface area contributed by atoms with Gasteiger partial charge in [-0.25, -0.2) is 0 Å². The Kier molecular flexibility index (Phi) is 6.02. The molecule has 1 aliphatic heterocycles. The van der Waals surface area contributed by atoms with Crippen LogP contribution in [0.4, 0.5) is 5.69 Å². The normalized spacial score (nSPS) is 14.1. The van der Waals surface area contributed by atoms with E-state index in [2.05, 4.69) is 35.2 Å². The monoisotopic (exact) mass is 405 g/mol. The van der Waals surface area contributed by atoms with Crippen LogP contribution in [0.25, 0.3) is 11.3 Å². The molecule has 1 aliphatic rings. The van der Waals surface area contributed by atoms with Gasteiger partial charge in [0.25, 0.3) is 0 Å². The summed E-state index contributed by atoms with van der Waals surface area (Å²) < 4.78 is 10.7. The summed E-state index contributed by atoms with van der Waals surface area (Å²) in [6.45, 7) is 5.08. The van der Waals surface area contributed by atoms with Gasteiger partial charge >= 0.3 is 0 Å². The number of para-hydroxylation sites is 2. The lowest BCUT2D eigenvalue weighted by atomic mass is 10.0. The van der Waals surface area contributed by atoms with Crippen molar-refractivity contribution in [3.05, 3.63) is 65.9 Å². The molecule has 0 N–H and O–H groups in total. The number of carbonyl (C=O) groups excluding carboxylic acids is 1. The second-order valence-corrected chi connectivity index (χ2v) is 7.60. The van der Waals surface area contributed by atoms with Crippen LogP contribution in [0.2, 0.25) is 0 Å². The van der Waals surface area contributed by atoms with E-state index < -0.39 is 0 Å². The van der Waals surface area contributed by atoms with E-state index in [0.717, 1.165) is 41.3 Å². The predicted octanol–water partition coefficient (Wildman–Crippen LogP) is 3.94. The Hall–Kier alpha value is -3.28. The molecule has 0 spiro atoms. The number of ether oxygens (including phenoxy) is 1. The minimum absolute atomic E-state index is 0.172. The number of anilines is 1. The molecular formula is C24H27N3O3. The number of aromatic nitrogens is 1. The van der Waals surface area contributed by atoms with Crippen molar-refractivity contribution < 1.29 is 14.1 Å². The molecule has 1 amide bonds. The Labute approximate surface area is 177 Å². The molecule has 156 valence electrons. The SMILES string of the molecule is COc1ccccc1N1CCN(C(=O)CCc2conc2-c2cccc(C)c2)CC1. The molecule has 0 bridgehead atoms. The minimum atomic E-state index is 0.172. The number of hydrogen-bond acceptors (Lipinski definition) is 5. The van der Waals surface area contributed by atoms with Crippen molar-refractivity contribution in [3.63, 3.8) is 0 Å². The third kappa shape index (κ3) is 4.32. The van der Waals surface area contributed by atoms with Crippen LogP contribution in [-0.2, 0) is 11.2 Å². The first-order chi connectivity index (χ1) is 14.7. The Morgan fingerprint density at radius 2 is 1.90 bits per heavy atom. The van der Waals surface area contributed by atoms with Gasteiger partial charge in [-0.05, 0) is 31.5 Å². The van der Waals surface area contributed by atoms with Gasteiger partial charge in [-0.2, -0.15) is 0 Å². The van der Waals surface area contributed by atoms with E-state index in [1.54, 1.807) is 13.4 Å². The lowest BCUT2D eigenvalue weighted by molar-refractivity contribution is -0.131. The summed E-state index contributed by atoms with van der Waals surface area (Å²) in [5, 5.41) is 4.16. The van der Waals surface area contributed by atoms with Crippen LogP contribution in [0.1, 0.15) is 17.5 Å². The van der Waals surface area contributed by atoms with E-state index in [-0.39, 0.29) is 5.91 Å².